The van der Waals surface area contributed by atoms with Crippen molar-refractivity contribution in [3.63, 3.8) is 0 Å². The van der Waals surface area contributed by atoms with E-state index in [1.807, 2.05) is 0 Å². The molecule has 174 valence electrons. The van der Waals surface area contributed by atoms with Gasteiger partial charge in [-0.15, -0.1) is 0 Å². The maximum atomic E-state index is 12.9. The van der Waals surface area contributed by atoms with Crippen LogP contribution in [0.1, 0.15) is 29.6 Å². The van der Waals surface area contributed by atoms with Crippen molar-refractivity contribution < 1.29 is 27.2 Å². The molecule has 0 bridgehead atoms. The Balaban J connectivity index is 1.38. The molecule has 1 saturated heterocycles. The number of hydrogen-bond donors (Lipinski definition) is 1. The second kappa shape index (κ2) is 9.94. The zero-order chi connectivity index (χ0) is 23.4. The van der Waals surface area contributed by atoms with Gasteiger partial charge in [0.2, 0.25) is 15.9 Å². The molecule has 0 radical (unpaired) electrons. The Kier molecular flexibility index (Phi) is 7.01. The number of oxazole rings is 1. The molecule has 0 atom stereocenters. The van der Waals surface area contributed by atoms with E-state index in [2.05, 4.69) is 10.3 Å². The quantitative estimate of drug-likeness (QED) is 0.503. The minimum Gasteiger partial charge on any atom is -0.497 e. The predicted octanol–water partition coefficient (Wildman–Crippen LogP) is 3.06. The lowest BCUT2D eigenvalue weighted by molar-refractivity contribution is -0.117. The van der Waals surface area contributed by atoms with Gasteiger partial charge in [-0.25, -0.2) is 13.4 Å². The summed E-state index contributed by atoms with van der Waals surface area (Å²) in [6, 6.07) is 10.9. The van der Waals surface area contributed by atoms with E-state index in [0.29, 0.717) is 35.5 Å². The van der Waals surface area contributed by atoms with Crippen LogP contribution < -0.4 is 10.1 Å². The predicted molar refractivity (Wildman–Crippen MR) is 123 cm³/mol. The molecular weight excluding hydrogens is 466 g/mol. The highest BCUT2D eigenvalue weighted by atomic mass is 32.2. The standard InChI is InChI=1S/C22H23N3O6S2/c1-30-16-7-5-15(6-8-16)21(27)24-20(26)14-32-22-23-18-13-17(9-10-19(18)31-22)33(28,29)25-11-3-2-4-12-25/h5-10,13H,2-4,11-12,14H2,1H3,(H,24,26,27). The van der Waals surface area contributed by atoms with E-state index in [1.165, 1.54) is 23.5 Å². The van der Waals surface area contributed by atoms with Crippen molar-refractivity contribution in [3.8, 4) is 5.75 Å². The number of piperidine rings is 1. The third kappa shape index (κ3) is 5.37. The molecular formula is C22H23N3O6S2. The molecule has 0 spiro atoms. The average molecular weight is 490 g/mol. The van der Waals surface area contributed by atoms with Crippen molar-refractivity contribution in [1.82, 2.24) is 14.6 Å². The number of methoxy groups -OCH3 is 1. The van der Waals surface area contributed by atoms with Crippen LogP contribution in [0, 0.1) is 0 Å². The minimum absolute atomic E-state index is 0.0896. The lowest BCUT2D eigenvalue weighted by Gasteiger charge is -2.25. The Hall–Kier alpha value is -2.89. The molecule has 0 saturated carbocycles. The van der Waals surface area contributed by atoms with Crippen LogP contribution in [0.4, 0.5) is 0 Å². The minimum atomic E-state index is -3.58. The highest BCUT2D eigenvalue weighted by molar-refractivity contribution is 7.99. The second-order valence-corrected chi connectivity index (χ2v) is 10.3. The summed E-state index contributed by atoms with van der Waals surface area (Å²) in [5.41, 5.74) is 1.15. The molecule has 3 aromatic rings. The van der Waals surface area contributed by atoms with Crippen molar-refractivity contribution >= 4 is 44.7 Å². The summed E-state index contributed by atoms with van der Waals surface area (Å²) in [7, 11) is -2.05. The Morgan fingerprint density at radius 1 is 1.12 bits per heavy atom. The fraction of sp³-hybridized carbons (Fsp3) is 0.318. The molecule has 11 heteroatoms. The zero-order valence-electron chi connectivity index (χ0n) is 17.9. The van der Waals surface area contributed by atoms with E-state index in [9.17, 15) is 18.0 Å². The van der Waals surface area contributed by atoms with Gasteiger partial charge >= 0.3 is 0 Å². The third-order valence-corrected chi connectivity index (χ3v) is 7.95. The molecule has 1 aliphatic heterocycles. The number of benzene rings is 2. The van der Waals surface area contributed by atoms with Crippen LogP contribution >= 0.6 is 11.8 Å². The van der Waals surface area contributed by atoms with Crippen molar-refractivity contribution in [2.45, 2.75) is 29.4 Å². The first kappa shape index (κ1) is 23.3. The third-order valence-electron chi connectivity index (χ3n) is 5.22. The lowest BCUT2D eigenvalue weighted by atomic mass is 10.2. The number of nitrogens with one attached hydrogen (secondary N) is 1. The topological polar surface area (TPSA) is 119 Å². The fourth-order valence-electron chi connectivity index (χ4n) is 3.47. The number of rotatable bonds is 7. The Bertz CT molecular complexity index is 1270. The highest BCUT2D eigenvalue weighted by Crippen LogP contribution is 2.27. The molecule has 2 amide bonds. The van der Waals surface area contributed by atoms with E-state index in [-0.39, 0.29) is 15.9 Å². The lowest BCUT2D eigenvalue weighted by Crippen LogP contribution is -2.35. The number of imide groups is 1. The smallest absolute Gasteiger partial charge is 0.257 e. The summed E-state index contributed by atoms with van der Waals surface area (Å²) < 4.78 is 37.9. The van der Waals surface area contributed by atoms with E-state index < -0.39 is 21.8 Å². The van der Waals surface area contributed by atoms with E-state index in [0.717, 1.165) is 31.0 Å². The van der Waals surface area contributed by atoms with Gasteiger partial charge in [0.15, 0.2) is 5.58 Å². The molecule has 33 heavy (non-hydrogen) atoms. The van der Waals surface area contributed by atoms with Crippen LogP contribution in [0.25, 0.3) is 11.1 Å². The van der Waals surface area contributed by atoms with Crippen molar-refractivity contribution in [3.05, 3.63) is 48.0 Å². The van der Waals surface area contributed by atoms with E-state index in [1.54, 1.807) is 30.3 Å². The number of amides is 2. The molecule has 9 nitrogen and oxygen atoms in total. The van der Waals surface area contributed by atoms with Gasteiger partial charge in [0.05, 0.1) is 17.8 Å². The van der Waals surface area contributed by atoms with Gasteiger partial charge in [0.25, 0.3) is 11.1 Å². The first-order valence-electron chi connectivity index (χ1n) is 10.4. The maximum Gasteiger partial charge on any atom is 0.257 e. The summed E-state index contributed by atoms with van der Waals surface area (Å²) in [5, 5.41) is 2.52. The van der Waals surface area contributed by atoms with E-state index >= 15 is 0 Å². The molecule has 4 rings (SSSR count). The molecule has 1 aliphatic rings. The molecule has 0 unspecified atom stereocenters. The molecule has 1 aromatic heterocycles. The Labute approximate surface area is 195 Å². The summed E-state index contributed by atoms with van der Waals surface area (Å²) >= 11 is 1.02. The number of aromatic nitrogens is 1. The number of hydrogen-bond acceptors (Lipinski definition) is 8. The normalized spacial score (nSPS) is 14.8. The number of sulfonamides is 1. The first-order valence-corrected chi connectivity index (χ1v) is 12.8. The van der Waals surface area contributed by atoms with Crippen molar-refractivity contribution in [1.29, 1.82) is 0 Å². The summed E-state index contributed by atoms with van der Waals surface area (Å²) in [6.45, 7) is 1.04. The van der Waals surface area contributed by atoms with Crippen molar-refractivity contribution in [2.24, 2.45) is 0 Å². The molecule has 2 aromatic carbocycles. The first-order chi connectivity index (χ1) is 15.9. The largest absolute Gasteiger partial charge is 0.497 e. The fourth-order valence-corrected chi connectivity index (χ4v) is 5.64. The van der Waals surface area contributed by atoms with Crippen molar-refractivity contribution in [2.75, 3.05) is 26.0 Å². The molecule has 1 fully saturated rings. The van der Waals surface area contributed by atoms with Gasteiger partial charge in [0.1, 0.15) is 11.3 Å². The van der Waals surface area contributed by atoms with Gasteiger partial charge in [0, 0.05) is 18.7 Å². The monoisotopic (exact) mass is 489 g/mol. The average Bonchev–Trinajstić information content (AvgIpc) is 3.25. The highest BCUT2D eigenvalue weighted by Gasteiger charge is 2.26. The molecule has 0 aliphatic carbocycles. The van der Waals surface area contributed by atoms with Gasteiger partial charge in [-0.05, 0) is 55.3 Å². The number of carbonyl (C=O) groups is 2. The van der Waals surface area contributed by atoms with Crippen LogP contribution in [0.5, 0.6) is 5.75 Å². The maximum absolute atomic E-state index is 12.9. The van der Waals surface area contributed by atoms with Gasteiger partial charge < -0.3 is 9.15 Å². The summed E-state index contributed by atoms with van der Waals surface area (Å²) in [6.07, 6.45) is 2.75. The summed E-state index contributed by atoms with van der Waals surface area (Å²) in [5.74, 6) is -0.505. The van der Waals surface area contributed by atoms with Crippen LogP contribution in [0.3, 0.4) is 0 Å². The number of nitrogens with zero attached hydrogens (tertiary/aromatic N) is 2. The number of fused-ring (bicyclic) bond motifs is 1. The van der Waals surface area contributed by atoms with E-state index in [4.69, 9.17) is 9.15 Å². The molecule has 1 N–H and O–H groups in total. The van der Waals surface area contributed by atoms with Crippen LogP contribution in [0.2, 0.25) is 0 Å². The SMILES string of the molecule is COc1ccc(C(=O)NC(=O)CSc2nc3cc(S(=O)(=O)N4CCCCC4)ccc3o2)cc1. The zero-order valence-corrected chi connectivity index (χ0v) is 19.6. The van der Waals surface area contributed by atoms with Crippen LogP contribution in [-0.4, -0.2) is 55.5 Å². The van der Waals surface area contributed by atoms with Gasteiger partial charge in [-0.3, -0.25) is 14.9 Å². The van der Waals surface area contributed by atoms with Crippen LogP contribution in [0.15, 0.2) is 57.0 Å². The number of ether oxygens (including phenoxy) is 1. The Morgan fingerprint density at radius 2 is 1.85 bits per heavy atom. The number of carbonyl (C=O) groups excluding carboxylic acids is 2. The van der Waals surface area contributed by atoms with Crippen LogP contribution in [-0.2, 0) is 14.8 Å². The number of thioether (sulfide) groups is 1. The van der Waals surface area contributed by atoms with Gasteiger partial charge in [-0.2, -0.15) is 4.31 Å². The second-order valence-electron chi connectivity index (χ2n) is 7.47. The Morgan fingerprint density at radius 3 is 2.55 bits per heavy atom. The molecule has 2 heterocycles. The van der Waals surface area contributed by atoms with Gasteiger partial charge in [-0.1, -0.05) is 18.2 Å². The summed E-state index contributed by atoms with van der Waals surface area (Å²) in [4.78, 5) is 28.8.